The van der Waals surface area contributed by atoms with E-state index in [0.717, 1.165) is 17.5 Å². The Kier molecular flexibility index (Phi) is 3.90. The summed E-state index contributed by atoms with van der Waals surface area (Å²) in [4.78, 5) is 24.0. The first-order valence-corrected chi connectivity index (χ1v) is 8.16. The van der Waals surface area contributed by atoms with Crippen LogP contribution in [0.2, 0.25) is 0 Å². The molecule has 0 heterocycles. The van der Waals surface area contributed by atoms with Crippen molar-refractivity contribution in [3.8, 4) is 11.1 Å². The van der Waals surface area contributed by atoms with Gasteiger partial charge < -0.3 is 5.32 Å². The maximum absolute atomic E-state index is 12.0. The van der Waals surface area contributed by atoms with Gasteiger partial charge in [-0.05, 0) is 30.7 Å². The zero-order valence-electron chi connectivity index (χ0n) is 13.5. The molecule has 1 aliphatic carbocycles. The lowest BCUT2D eigenvalue weighted by Crippen LogP contribution is -2.42. The highest BCUT2D eigenvalue weighted by Crippen LogP contribution is 2.33. The van der Waals surface area contributed by atoms with E-state index >= 15 is 0 Å². The predicted octanol–water partition coefficient (Wildman–Crippen LogP) is 3.49. The standard InChI is InChI=1S/C19H23NO2/c1-11-7-9-14(10-8-11)16-17(19(22)18(16)21)20-15-6-4-5-12(2)13(15)3/h7-10,12-13,15,20H,4-6H2,1-3H3. The molecule has 2 aromatic rings. The summed E-state index contributed by atoms with van der Waals surface area (Å²) in [6.45, 7) is 6.51. The lowest BCUT2D eigenvalue weighted by Gasteiger charge is -2.35. The smallest absolute Gasteiger partial charge is 0.250 e. The summed E-state index contributed by atoms with van der Waals surface area (Å²) in [5.41, 5.74) is 2.36. The average Bonchev–Trinajstić information content (AvgIpc) is 2.52. The summed E-state index contributed by atoms with van der Waals surface area (Å²) in [5, 5.41) is 3.39. The zero-order chi connectivity index (χ0) is 15.9. The fourth-order valence-corrected chi connectivity index (χ4v) is 3.50. The highest BCUT2D eigenvalue weighted by atomic mass is 16.2. The molecule has 2 aromatic carbocycles. The van der Waals surface area contributed by atoms with Crippen LogP contribution in [0.1, 0.15) is 38.7 Å². The molecular weight excluding hydrogens is 274 g/mol. The Bertz CT molecular complexity index is 738. The van der Waals surface area contributed by atoms with E-state index in [1.165, 1.54) is 12.8 Å². The first-order chi connectivity index (χ1) is 10.5. The minimum Gasteiger partial charge on any atom is -0.378 e. The van der Waals surface area contributed by atoms with Crippen molar-refractivity contribution in [2.75, 3.05) is 5.32 Å². The van der Waals surface area contributed by atoms with Gasteiger partial charge >= 0.3 is 0 Å². The lowest BCUT2D eigenvalue weighted by atomic mass is 9.77. The van der Waals surface area contributed by atoms with E-state index in [1.54, 1.807) is 0 Å². The van der Waals surface area contributed by atoms with E-state index in [-0.39, 0.29) is 16.9 Å². The van der Waals surface area contributed by atoms with Gasteiger partial charge in [0, 0.05) is 6.04 Å². The molecule has 3 heteroatoms. The van der Waals surface area contributed by atoms with E-state index < -0.39 is 0 Å². The molecular formula is C19H23NO2. The molecule has 1 N–H and O–H groups in total. The summed E-state index contributed by atoms with van der Waals surface area (Å²) in [6.07, 6.45) is 3.49. The van der Waals surface area contributed by atoms with Crippen molar-refractivity contribution in [1.29, 1.82) is 0 Å². The number of rotatable bonds is 3. The summed E-state index contributed by atoms with van der Waals surface area (Å²) < 4.78 is 0. The SMILES string of the molecule is Cc1ccc(-c2c(NC3CCCC(C)C3C)c(=O)c2=O)cc1. The molecule has 3 unspecified atom stereocenters. The summed E-state index contributed by atoms with van der Waals surface area (Å²) in [5.74, 6) is 1.17. The highest BCUT2D eigenvalue weighted by Gasteiger charge is 2.30. The Labute approximate surface area is 131 Å². The number of aryl methyl sites for hydroxylation is 1. The third kappa shape index (κ3) is 2.49. The second-order valence-corrected chi connectivity index (χ2v) is 6.79. The average molecular weight is 297 g/mol. The van der Waals surface area contributed by atoms with Crippen molar-refractivity contribution in [3.63, 3.8) is 0 Å². The van der Waals surface area contributed by atoms with Gasteiger partial charge in [-0.1, -0.05) is 56.5 Å². The van der Waals surface area contributed by atoms with Gasteiger partial charge in [0.1, 0.15) is 0 Å². The second-order valence-electron chi connectivity index (χ2n) is 6.79. The van der Waals surface area contributed by atoms with Crippen LogP contribution in [0.4, 0.5) is 5.69 Å². The summed E-state index contributed by atoms with van der Waals surface area (Å²) in [7, 11) is 0. The molecule has 0 spiro atoms. The van der Waals surface area contributed by atoms with Crippen LogP contribution in [0.5, 0.6) is 0 Å². The normalized spacial score (nSPS) is 25.3. The quantitative estimate of drug-likeness (QED) is 0.882. The number of nitrogens with one attached hydrogen (secondary N) is 1. The monoisotopic (exact) mass is 297 g/mol. The molecule has 0 amide bonds. The molecule has 3 nitrogen and oxygen atoms in total. The highest BCUT2D eigenvalue weighted by molar-refractivity contribution is 5.82. The molecule has 0 aliphatic heterocycles. The van der Waals surface area contributed by atoms with Crippen LogP contribution in [0.25, 0.3) is 11.1 Å². The molecule has 0 aromatic heterocycles. The van der Waals surface area contributed by atoms with Gasteiger partial charge in [-0.3, -0.25) is 9.59 Å². The Morgan fingerprint density at radius 3 is 2.36 bits per heavy atom. The zero-order valence-corrected chi connectivity index (χ0v) is 13.5. The van der Waals surface area contributed by atoms with Crippen molar-refractivity contribution >= 4 is 5.69 Å². The van der Waals surface area contributed by atoms with Crippen molar-refractivity contribution in [3.05, 3.63) is 50.3 Å². The van der Waals surface area contributed by atoms with E-state index in [2.05, 4.69) is 19.2 Å². The largest absolute Gasteiger partial charge is 0.378 e. The van der Waals surface area contributed by atoms with Gasteiger partial charge in [-0.15, -0.1) is 0 Å². The fraction of sp³-hybridized carbons (Fsp3) is 0.474. The Morgan fingerprint density at radius 2 is 1.68 bits per heavy atom. The molecule has 1 saturated carbocycles. The van der Waals surface area contributed by atoms with Crippen LogP contribution in [0.15, 0.2) is 33.9 Å². The second kappa shape index (κ2) is 5.71. The van der Waals surface area contributed by atoms with Gasteiger partial charge in [0.05, 0.1) is 11.3 Å². The molecule has 0 saturated heterocycles. The Morgan fingerprint density at radius 1 is 1.00 bits per heavy atom. The summed E-state index contributed by atoms with van der Waals surface area (Å²) >= 11 is 0. The number of anilines is 1. The first kappa shape index (κ1) is 15.0. The van der Waals surface area contributed by atoms with Crippen LogP contribution in [-0.4, -0.2) is 6.04 Å². The summed E-state index contributed by atoms with van der Waals surface area (Å²) in [6, 6.07) is 8.08. The van der Waals surface area contributed by atoms with Gasteiger partial charge in [-0.2, -0.15) is 0 Å². The van der Waals surface area contributed by atoms with E-state index in [1.807, 2.05) is 31.2 Å². The van der Waals surface area contributed by atoms with E-state index in [9.17, 15) is 9.59 Å². The molecule has 0 radical (unpaired) electrons. The van der Waals surface area contributed by atoms with Crippen LogP contribution in [-0.2, 0) is 0 Å². The van der Waals surface area contributed by atoms with Gasteiger partial charge in [0.2, 0.25) is 10.9 Å². The third-order valence-electron chi connectivity index (χ3n) is 5.29. The molecule has 22 heavy (non-hydrogen) atoms. The maximum atomic E-state index is 12.0. The van der Waals surface area contributed by atoms with Crippen molar-refractivity contribution in [1.82, 2.24) is 0 Å². The number of benzene rings is 1. The molecule has 3 rings (SSSR count). The lowest BCUT2D eigenvalue weighted by molar-refractivity contribution is 0.253. The third-order valence-corrected chi connectivity index (χ3v) is 5.29. The van der Waals surface area contributed by atoms with Crippen LogP contribution in [0.3, 0.4) is 0 Å². The van der Waals surface area contributed by atoms with Crippen LogP contribution in [0, 0.1) is 18.8 Å². The Balaban J connectivity index is 1.89. The number of hydrogen-bond acceptors (Lipinski definition) is 3. The van der Waals surface area contributed by atoms with E-state index in [0.29, 0.717) is 23.1 Å². The number of hydrogen-bond donors (Lipinski definition) is 1. The minimum absolute atomic E-state index is 0.288. The Hall–Kier alpha value is -1.90. The molecule has 1 fully saturated rings. The van der Waals surface area contributed by atoms with E-state index in [4.69, 9.17) is 0 Å². The minimum atomic E-state index is -0.360. The van der Waals surface area contributed by atoms with Crippen molar-refractivity contribution < 1.29 is 0 Å². The molecule has 0 bridgehead atoms. The predicted molar refractivity (Wildman–Crippen MR) is 91.1 cm³/mol. The van der Waals surface area contributed by atoms with Crippen molar-refractivity contribution in [2.24, 2.45) is 11.8 Å². The molecule has 3 atom stereocenters. The van der Waals surface area contributed by atoms with Crippen molar-refractivity contribution in [2.45, 2.75) is 46.1 Å². The van der Waals surface area contributed by atoms with Gasteiger partial charge in [-0.25, -0.2) is 0 Å². The first-order valence-electron chi connectivity index (χ1n) is 8.16. The van der Waals surface area contributed by atoms with Crippen LogP contribution < -0.4 is 16.2 Å². The van der Waals surface area contributed by atoms with Crippen LogP contribution >= 0.6 is 0 Å². The van der Waals surface area contributed by atoms with Gasteiger partial charge in [0.25, 0.3) is 0 Å². The topological polar surface area (TPSA) is 46.2 Å². The van der Waals surface area contributed by atoms with Gasteiger partial charge in [0.15, 0.2) is 0 Å². The maximum Gasteiger partial charge on any atom is 0.250 e. The molecule has 1 aliphatic rings. The fourth-order valence-electron chi connectivity index (χ4n) is 3.50. The molecule has 116 valence electrons.